The minimum absolute atomic E-state index is 0.714. The Hall–Kier alpha value is -1.16. The van der Waals surface area contributed by atoms with E-state index in [1.54, 1.807) is 6.20 Å². The Morgan fingerprint density at radius 1 is 1.54 bits per heavy atom. The van der Waals surface area contributed by atoms with Crippen LogP contribution in [-0.2, 0) is 6.54 Å². The van der Waals surface area contributed by atoms with Crippen molar-refractivity contribution in [2.24, 2.45) is 0 Å². The fraction of sp³-hybridized carbons (Fsp3) is 0.556. The van der Waals surface area contributed by atoms with Crippen LogP contribution in [0.5, 0.6) is 0 Å². The number of rotatable bonds is 4. The molecule has 0 saturated heterocycles. The number of hydrogen-bond acceptors (Lipinski definition) is 4. The van der Waals surface area contributed by atoms with Gasteiger partial charge in [-0.15, -0.1) is 0 Å². The van der Waals surface area contributed by atoms with Crippen LogP contribution in [0.15, 0.2) is 12.3 Å². The van der Waals surface area contributed by atoms with Gasteiger partial charge in [-0.25, -0.2) is 9.97 Å². The summed E-state index contributed by atoms with van der Waals surface area (Å²) in [4.78, 5) is 10.6. The van der Waals surface area contributed by atoms with Crippen molar-refractivity contribution in [1.82, 2.24) is 15.3 Å². The van der Waals surface area contributed by atoms with Gasteiger partial charge in [0.2, 0.25) is 0 Å². The van der Waals surface area contributed by atoms with E-state index in [2.05, 4.69) is 27.1 Å². The van der Waals surface area contributed by atoms with Gasteiger partial charge in [-0.2, -0.15) is 0 Å². The van der Waals surface area contributed by atoms with Crippen molar-refractivity contribution in [1.29, 1.82) is 0 Å². The molecule has 4 heteroatoms. The molecule has 0 aliphatic carbocycles. The Morgan fingerprint density at radius 2 is 2.31 bits per heavy atom. The van der Waals surface area contributed by atoms with Gasteiger partial charge >= 0.3 is 0 Å². The molecule has 1 N–H and O–H groups in total. The maximum absolute atomic E-state index is 4.39. The van der Waals surface area contributed by atoms with Gasteiger partial charge < -0.3 is 10.2 Å². The second-order valence-corrected chi connectivity index (χ2v) is 2.88. The van der Waals surface area contributed by atoms with E-state index >= 15 is 0 Å². The molecule has 0 bridgehead atoms. The van der Waals surface area contributed by atoms with Crippen molar-refractivity contribution in [3.05, 3.63) is 18.1 Å². The number of nitrogens with one attached hydrogen (secondary N) is 1. The van der Waals surface area contributed by atoms with Crippen LogP contribution in [0.1, 0.15) is 12.7 Å². The van der Waals surface area contributed by atoms with Gasteiger partial charge in [0, 0.05) is 19.8 Å². The van der Waals surface area contributed by atoms with E-state index in [0.717, 1.165) is 18.2 Å². The summed E-state index contributed by atoms with van der Waals surface area (Å²) < 4.78 is 0. The zero-order valence-corrected chi connectivity index (χ0v) is 8.41. The van der Waals surface area contributed by atoms with E-state index < -0.39 is 0 Å². The summed E-state index contributed by atoms with van der Waals surface area (Å²) in [5.74, 6) is 1.81. The molecule has 1 rings (SSSR count). The monoisotopic (exact) mass is 180 g/mol. The van der Waals surface area contributed by atoms with Crippen molar-refractivity contribution in [3.63, 3.8) is 0 Å². The summed E-state index contributed by atoms with van der Waals surface area (Å²) in [6, 6.07) is 1.92. The number of hydrogen-bond donors (Lipinski definition) is 1. The smallest absolute Gasteiger partial charge is 0.144 e. The van der Waals surface area contributed by atoms with Crippen LogP contribution in [0.25, 0.3) is 0 Å². The molecule has 0 aliphatic rings. The van der Waals surface area contributed by atoms with Crippen LogP contribution >= 0.6 is 0 Å². The van der Waals surface area contributed by atoms with E-state index in [1.165, 1.54) is 0 Å². The van der Waals surface area contributed by atoms with Gasteiger partial charge in [-0.3, -0.25) is 0 Å². The first-order valence-corrected chi connectivity index (χ1v) is 4.45. The average Bonchev–Trinajstić information content (AvgIpc) is 2.18. The highest BCUT2D eigenvalue weighted by molar-refractivity contribution is 5.35. The molecule has 0 spiro atoms. The maximum atomic E-state index is 4.39. The first-order chi connectivity index (χ1) is 6.27. The van der Waals surface area contributed by atoms with Gasteiger partial charge in [0.15, 0.2) is 0 Å². The van der Waals surface area contributed by atoms with Crippen LogP contribution in [0.3, 0.4) is 0 Å². The highest BCUT2D eigenvalue weighted by atomic mass is 15.2. The van der Waals surface area contributed by atoms with Crippen molar-refractivity contribution >= 4 is 5.82 Å². The van der Waals surface area contributed by atoms with Crippen LogP contribution in [0.4, 0.5) is 5.82 Å². The van der Waals surface area contributed by atoms with Crippen molar-refractivity contribution < 1.29 is 0 Å². The minimum atomic E-state index is 0.714. The third-order valence-electron chi connectivity index (χ3n) is 1.89. The average molecular weight is 180 g/mol. The molecule has 0 fully saturated rings. The van der Waals surface area contributed by atoms with Crippen LogP contribution in [-0.4, -0.2) is 30.6 Å². The summed E-state index contributed by atoms with van der Waals surface area (Å²) in [6.07, 6.45) is 1.79. The molecule has 0 aromatic carbocycles. The Bertz CT molecular complexity index is 262. The van der Waals surface area contributed by atoms with Crippen molar-refractivity contribution in [3.8, 4) is 0 Å². The summed E-state index contributed by atoms with van der Waals surface area (Å²) in [7, 11) is 3.91. The number of aromatic nitrogens is 2. The number of anilines is 1. The van der Waals surface area contributed by atoms with Gasteiger partial charge in [0.1, 0.15) is 11.6 Å². The van der Waals surface area contributed by atoms with Crippen molar-refractivity contribution in [2.45, 2.75) is 13.5 Å². The molecule has 0 radical (unpaired) electrons. The van der Waals surface area contributed by atoms with Crippen LogP contribution < -0.4 is 10.2 Å². The van der Waals surface area contributed by atoms with E-state index in [4.69, 9.17) is 0 Å². The first-order valence-electron chi connectivity index (χ1n) is 4.45. The molecule has 1 aromatic heterocycles. The Balaban J connectivity index is 2.78. The fourth-order valence-corrected chi connectivity index (χ4v) is 1.01. The van der Waals surface area contributed by atoms with Crippen LogP contribution in [0.2, 0.25) is 0 Å². The lowest BCUT2D eigenvalue weighted by molar-refractivity contribution is 0.752. The fourth-order valence-electron chi connectivity index (χ4n) is 1.01. The van der Waals surface area contributed by atoms with E-state index in [9.17, 15) is 0 Å². The highest BCUT2D eigenvalue weighted by Crippen LogP contribution is 2.06. The molecule has 1 aromatic rings. The van der Waals surface area contributed by atoms with Gasteiger partial charge in [0.05, 0.1) is 6.54 Å². The lowest BCUT2D eigenvalue weighted by Crippen LogP contribution is -2.19. The highest BCUT2D eigenvalue weighted by Gasteiger charge is 2.00. The number of nitrogens with zero attached hydrogens (tertiary/aromatic N) is 3. The predicted octanol–water partition coefficient (Wildman–Crippen LogP) is 0.652. The molecule has 13 heavy (non-hydrogen) atoms. The Labute approximate surface area is 79.0 Å². The zero-order chi connectivity index (χ0) is 9.68. The van der Waals surface area contributed by atoms with Gasteiger partial charge in [-0.05, 0) is 20.0 Å². The third-order valence-corrected chi connectivity index (χ3v) is 1.89. The second-order valence-electron chi connectivity index (χ2n) is 2.88. The van der Waals surface area contributed by atoms with E-state index in [1.807, 2.05) is 20.2 Å². The molecule has 0 amide bonds. The zero-order valence-electron chi connectivity index (χ0n) is 8.41. The van der Waals surface area contributed by atoms with Crippen LogP contribution in [0, 0.1) is 0 Å². The maximum Gasteiger partial charge on any atom is 0.144 e. The molecule has 0 saturated carbocycles. The molecule has 0 atom stereocenters. The summed E-state index contributed by atoms with van der Waals surface area (Å²) in [5, 5.41) is 3.02. The molecular weight excluding hydrogens is 164 g/mol. The summed E-state index contributed by atoms with van der Waals surface area (Å²) in [6.45, 7) is 3.77. The molecule has 4 nitrogen and oxygen atoms in total. The van der Waals surface area contributed by atoms with Gasteiger partial charge in [-0.1, -0.05) is 0 Å². The molecule has 72 valence electrons. The minimum Gasteiger partial charge on any atom is -0.360 e. The Kier molecular flexibility index (Phi) is 3.64. The first kappa shape index (κ1) is 9.92. The summed E-state index contributed by atoms with van der Waals surface area (Å²) in [5.41, 5.74) is 0. The molecule has 1 heterocycles. The molecular formula is C9H16N4. The predicted molar refractivity (Wildman–Crippen MR) is 53.7 cm³/mol. The van der Waals surface area contributed by atoms with Gasteiger partial charge in [0.25, 0.3) is 0 Å². The molecule has 0 aliphatic heterocycles. The largest absolute Gasteiger partial charge is 0.360 e. The lowest BCUT2D eigenvalue weighted by atomic mass is 10.4. The topological polar surface area (TPSA) is 41.1 Å². The lowest BCUT2D eigenvalue weighted by Gasteiger charge is -2.15. The van der Waals surface area contributed by atoms with E-state index in [0.29, 0.717) is 6.54 Å². The quantitative estimate of drug-likeness (QED) is 0.738. The molecule has 0 unspecified atom stereocenters. The standard InChI is InChI=1S/C9H16N4/c1-4-13(3)9-5-6-11-8(12-9)7-10-2/h5-6,10H,4,7H2,1-3H3. The van der Waals surface area contributed by atoms with E-state index in [-0.39, 0.29) is 0 Å². The van der Waals surface area contributed by atoms with Crippen molar-refractivity contribution in [2.75, 3.05) is 25.5 Å². The second kappa shape index (κ2) is 4.77. The third kappa shape index (κ3) is 2.66. The Morgan fingerprint density at radius 3 is 2.92 bits per heavy atom. The summed E-state index contributed by atoms with van der Waals surface area (Å²) >= 11 is 0. The SMILES string of the molecule is CCN(C)c1ccnc(CNC)n1. The normalized spacial score (nSPS) is 10.1.